The molecule has 98 valence electrons. The van der Waals surface area contributed by atoms with E-state index in [9.17, 15) is 0 Å². The molecule has 0 aromatic heterocycles. The number of unbranched alkanes of at least 4 members (excludes halogenated alkanes) is 7. The molecule has 0 heterocycles. The van der Waals surface area contributed by atoms with Crippen molar-refractivity contribution in [3.05, 3.63) is 0 Å². The third-order valence-electron chi connectivity index (χ3n) is 2.95. The molecule has 0 aliphatic rings. The summed E-state index contributed by atoms with van der Waals surface area (Å²) in [5.41, 5.74) is 0. The summed E-state index contributed by atoms with van der Waals surface area (Å²) in [7, 11) is 0. The largest absolute Gasteiger partial charge is 0.317 e. The second-order valence-electron chi connectivity index (χ2n) is 4.86. The van der Waals surface area contributed by atoms with Crippen LogP contribution in [0.25, 0.3) is 0 Å². The summed E-state index contributed by atoms with van der Waals surface area (Å²) in [5.74, 6) is 0. The van der Waals surface area contributed by atoms with Crippen LogP contribution in [0.4, 0.5) is 0 Å². The van der Waals surface area contributed by atoms with Gasteiger partial charge >= 0.3 is 0 Å². The summed E-state index contributed by atoms with van der Waals surface area (Å²) in [6, 6.07) is 0. The Morgan fingerprint density at radius 3 is 2.00 bits per heavy atom. The van der Waals surface area contributed by atoms with Crippen LogP contribution in [-0.4, -0.2) is 18.3 Å². The van der Waals surface area contributed by atoms with Gasteiger partial charge in [-0.25, -0.2) is 0 Å². The zero-order valence-electron chi connectivity index (χ0n) is 11.3. The van der Waals surface area contributed by atoms with Gasteiger partial charge in [0.15, 0.2) is 0 Å². The Hall–Kier alpha value is 0.310. The maximum Gasteiger partial charge on any atom is 0.0000480 e. The lowest BCUT2D eigenvalue weighted by Crippen LogP contribution is -2.18. The average molecular weight is 245 g/mol. The van der Waals surface area contributed by atoms with Crippen molar-refractivity contribution in [3.63, 3.8) is 0 Å². The van der Waals surface area contributed by atoms with E-state index >= 15 is 0 Å². The highest BCUT2D eigenvalue weighted by Crippen LogP contribution is 2.07. The molecule has 0 rings (SSSR count). The van der Waals surface area contributed by atoms with Gasteiger partial charge in [0.05, 0.1) is 0 Å². The highest BCUT2D eigenvalue weighted by molar-refractivity contribution is 7.80. The van der Waals surface area contributed by atoms with E-state index in [1.165, 1.54) is 64.3 Å². The lowest BCUT2D eigenvalue weighted by Gasteiger charge is -2.06. The van der Waals surface area contributed by atoms with Crippen LogP contribution in [0.3, 0.4) is 0 Å². The van der Waals surface area contributed by atoms with Gasteiger partial charge in [-0.1, -0.05) is 58.8 Å². The fraction of sp³-hybridized carbons (Fsp3) is 1.00. The van der Waals surface area contributed by atoms with Crippen molar-refractivity contribution < 1.29 is 0 Å². The van der Waals surface area contributed by atoms with Crippen LogP contribution in [0.2, 0.25) is 0 Å². The third kappa shape index (κ3) is 14.3. The molecule has 2 heteroatoms. The summed E-state index contributed by atoms with van der Waals surface area (Å²) in [5, 5.41) is 4.01. The Balaban J connectivity index is 2.88. The van der Waals surface area contributed by atoms with Crippen LogP contribution in [0.5, 0.6) is 0 Å². The molecule has 0 aliphatic heterocycles. The molecule has 16 heavy (non-hydrogen) atoms. The molecule has 0 bridgehead atoms. The molecular formula is C14H31NS. The van der Waals surface area contributed by atoms with Gasteiger partial charge in [-0.2, -0.15) is 12.6 Å². The van der Waals surface area contributed by atoms with Gasteiger partial charge < -0.3 is 5.32 Å². The first-order chi connectivity index (χ1) is 7.77. The minimum absolute atomic E-state index is 0.533. The lowest BCUT2D eigenvalue weighted by atomic mass is 10.1. The molecule has 1 atom stereocenters. The van der Waals surface area contributed by atoms with Crippen LogP contribution in [-0.2, 0) is 0 Å². The average Bonchev–Trinajstić information content (AvgIpc) is 2.25. The predicted octanol–water partition coefficient (Wildman–Crippen LogP) is 4.43. The van der Waals surface area contributed by atoms with Crippen molar-refractivity contribution in [2.75, 3.05) is 13.1 Å². The van der Waals surface area contributed by atoms with Crippen molar-refractivity contribution in [2.45, 2.75) is 76.9 Å². The molecule has 0 fully saturated rings. The first-order valence-corrected chi connectivity index (χ1v) is 7.67. The maximum absolute atomic E-state index is 4.36. The smallest absolute Gasteiger partial charge is 0.0000480 e. The number of rotatable bonds is 12. The van der Waals surface area contributed by atoms with Crippen molar-refractivity contribution in [3.8, 4) is 0 Å². The third-order valence-corrected chi connectivity index (χ3v) is 3.20. The standard InChI is InChI=1S/C14H31NS/c1-3-4-5-6-7-8-9-10-12-15-13-11-14(2)16/h14-16H,3-13H2,1-2H3. The molecule has 0 saturated heterocycles. The van der Waals surface area contributed by atoms with E-state index in [4.69, 9.17) is 0 Å². The quantitative estimate of drug-likeness (QED) is 0.383. The Morgan fingerprint density at radius 2 is 1.44 bits per heavy atom. The van der Waals surface area contributed by atoms with Gasteiger partial charge in [-0.05, 0) is 25.9 Å². The second-order valence-corrected chi connectivity index (χ2v) is 5.74. The van der Waals surface area contributed by atoms with Crippen molar-refractivity contribution in [1.29, 1.82) is 0 Å². The molecule has 0 amide bonds. The van der Waals surface area contributed by atoms with Gasteiger partial charge in [0.2, 0.25) is 0 Å². The van der Waals surface area contributed by atoms with Crippen LogP contribution in [0, 0.1) is 0 Å². The highest BCUT2D eigenvalue weighted by atomic mass is 32.1. The van der Waals surface area contributed by atoms with Crippen LogP contribution in [0.1, 0.15) is 71.6 Å². The van der Waals surface area contributed by atoms with Gasteiger partial charge in [0.1, 0.15) is 0 Å². The summed E-state index contributed by atoms with van der Waals surface area (Å²) >= 11 is 4.36. The molecule has 0 spiro atoms. The van der Waals surface area contributed by atoms with E-state index < -0.39 is 0 Å². The molecule has 0 aliphatic carbocycles. The Morgan fingerprint density at radius 1 is 0.875 bits per heavy atom. The molecular weight excluding hydrogens is 214 g/mol. The van der Waals surface area contributed by atoms with Gasteiger partial charge in [0.25, 0.3) is 0 Å². The molecule has 0 aromatic carbocycles. The monoisotopic (exact) mass is 245 g/mol. The van der Waals surface area contributed by atoms with Crippen LogP contribution in [0.15, 0.2) is 0 Å². The Labute approximate surface area is 108 Å². The molecule has 1 nitrogen and oxygen atoms in total. The SMILES string of the molecule is CCCCCCCCCCNCCC(C)S. The minimum atomic E-state index is 0.533. The van der Waals surface area contributed by atoms with E-state index in [-0.39, 0.29) is 0 Å². The Kier molecular flexibility index (Phi) is 13.6. The van der Waals surface area contributed by atoms with Gasteiger partial charge in [-0.15, -0.1) is 0 Å². The number of thiol groups is 1. The Bertz CT molecular complexity index is 126. The van der Waals surface area contributed by atoms with E-state index in [1.807, 2.05) is 0 Å². The fourth-order valence-electron chi connectivity index (χ4n) is 1.82. The lowest BCUT2D eigenvalue weighted by molar-refractivity contribution is 0.551. The van der Waals surface area contributed by atoms with Crippen molar-refractivity contribution in [1.82, 2.24) is 5.32 Å². The van der Waals surface area contributed by atoms with E-state index in [0.29, 0.717) is 5.25 Å². The highest BCUT2D eigenvalue weighted by Gasteiger charge is 1.94. The fourth-order valence-corrected chi connectivity index (χ4v) is 1.95. The zero-order valence-corrected chi connectivity index (χ0v) is 12.2. The van der Waals surface area contributed by atoms with Crippen molar-refractivity contribution in [2.24, 2.45) is 0 Å². The summed E-state index contributed by atoms with van der Waals surface area (Å²) in [4.78, 5) is 0. The predicted molar refractivity (Wildman–Crippen MR) is 78.5 cm³/mol. The second kappa shape index (κ2) is 13.4. The number of hydrogen-bond donors (Lipinski definition) is 2. The molecule has 1 unspecified atom stereocenters. The summed E-state index contributed by atoms with van der Waals surface area (Å²) in [6.07, 6.45) is 12.4. The molecule has 0 saturated carbocycles. The summed E-state index contributed by atoms with van der Waals surface area (Å²) in [6.45, 7) is 6.75. The van der Waals surface area contributed by atoms with Crippen molar-refractivity contribution >= 4 is 12.6 Å². The first kappa shape index (κ1) is 16.3. The van der Waals surface area contributed by atoms with Gasteiger partial charge in [-0.3, -0.25) is 0 Å². The number of nitrogens with one attached hydrogen (secondary N) is 1. The van der Waals surface area contributed by atoms with E-state index in [1.54, 1.807) is 0 Å². The zero-order chi connectivity index (χ0) is 12.1. The van der Waals surface area contributed by atoms with Gasteiger partial charge in [0, 0.05) is 5.25 Å². The van der Waals surface area contributed by atoms with E-state index in [0.717, 1.165) is 6.54 Å². The number of hydrogen-bond acceptors (Lipinski definition) is 2. The minimum Gasteiger partial charge on any atom is -0.317 e. The summed E-state index contributed by atoms with van der Waals surface area (Å²) < 4.78 is 0. The van der Waals surface area contributed by atoms with Crippen LogP contribution < -0.4 is 5.32 Å². The maximum atomic E-state index is 4.36. The molecule has 0 aromatic rings. The first-order valence-electron chi connectivity index (χ1n) is 7.16. The molecule has 0 radical (unpaired) electrons. The van der Waals surface area contributed by atoms with Crippen LogP contribution >= 0.6 is 12.6 Å². The molecule has 1 N–H and O–H groups in total. The topological polar surface area (TPSA) is 12.0 Å². The van der Waals surface area contributed by atoms with E-state index in [2.05, 4.69) is 31.8 Å². The normalized spacial score (nSPS) is 12.9.